The maximum Gasteiger partial charge on any atom is 0.266 e. The number of fused-ring (bicyclic) bond motifs is 2. The number of carbonyl (C=O) groups is 1. The van der Waals surface area contributed by atoms with Crippen molar-refractivity contribution in [3.8, 4) is 28.6 Å². The van der Waals surface area contributed by atoms with E-state index in [9.17, 15) is 9.59 Å². The fourth-order valence-electron chi connectivity index (χ4n) is 3.38. The second-order valence-corrected chi connectivity index (χ2v) is 8.19. The molecule has 1 amide bonds. The number of aromatic nitrogens is 4. The molecule has 0 radical (unpaired) electrons. The van der Waals surface area contributed by atoms with E-state index in [4.69, 9.17) is 14.2 Å². The molecule has 5 rings (SSSR count). The minimum absolute atomic E-state index is 0.0595. The highest BCUT2D eigenvalue weighted by Gasteiger charge is 2.18. The van der Waals surface area contributed by atoms with E-state index in [0.29, 0.717) is 45.1 Å². The molecule has 0 atom stereocenters. The lowest BCUT2D eigenvalue weighted by molar-refractivity contribution is -0.113. The highest BCUT2D eigenvalue weighted by molar-refractivity contribution is 7.99. The normalized spacial score (nSPS) is 12.2. The first kappa shape index (κ1) is 20.9. The number of nitrogens with one attached hydrogen (secondary N) is 2. The van der Waals surface area contributed by atoms with E-state index in [1.165, 1.54) is 22.3 Å². The van der Waals surface area contributed by atoms with Crippen LogP contribution in [0.2, 0.25) is 0 Å². The van der Waals surface area contributed by atoms with Crippen molar-refractivity contribution in [2.75, 3.05) is 25.0 Å². The van der Waals surface area contributed by atoms with Crippen LogP contribution in [0, 0.1) is 6.92 Å². The Bertz CT molecular complexity index is 1430. The molecule has 0 saturated heterocycles. The maximum atomic E-state index is 12.6. The Morgan fingerprint density at radius 2 is 2.03 bits per heavy atom. The van der Waals surface area contributed by atoms with Crippen LogP contribution in [-0.2, 0) is 4.79 Å². The van der Waals surface area contributed by atoms with Crippen LogP contribution in [0.4, 0.5) is 5.69 Å². The van der Waals surface area contributed by atoms with Gasteiger partial charge in [-0.15, -0.1) is 0 Å². The number of rotatable bonds is 6. The second-order valence-electron chi connectivity index (χ2n) is 7.25. The van der Waals surface area contributed by atoms with Gasteiger partial charge in [0.05, 0.1) is 18.6 Å². The molecule has 0 saturated carbocycles. The molecule has 1 aliphatic heterocycles. The van der Waals surface area contributed by atoms with Gasteiger partial charge in [0.2, 0.25) is 12.7 Å². The average molecular weight is 465 g/mol. The van der Waals surface area contributed by atoms with Crippen molar-refractivity contribution in [2.45, 2.75) is 12.1 Å². The Morgan fingerprint density at radius 1 is 1.18 bits per heavy atom. The number of H-pyrrole nitrogens is 1. The van der Waals surface area contributed by atoms with Gasteiger partial charge in [-0.3, -0.25) is 14.7 Å². The predicted molar refractivity (Wildman–Crippen MR) is 122 cm³/mol. The van der Waals surface area contributed by atoms with E-state index < -0.39 is 0 Å². The lowest BCUT2D eigenvalue weighted by atomic mass is 10.2. The number of nitrogens with zero attached hydrogens (tertiary/aromatic N) is 3. The smallest absolute Gasteiger partial charge is 0.266 e. The summed E-state index contributed by atoms with van der Waals surface area (Å²) in [7, 11) is 1.55. The minimum Gasteiger partial charge on any atom is -0.495 e. The quantitative estimate of drug-likeness (QED) is 0.417. The maximum absolute atomic E-state index is 12.6. The van der Waals surface area contributed by atoms with E-state index in [1.54, 1.807) is 25.3 Å². The molecule has 0 spiro atoms. The van der Waals surface area contributed by atoms with Gasteiger partial charge in [0.25, 0.3) is 5.56 Å². The molecule has 2 aromatic heterocycles. The molecule has 0 fully saturated rings. The van der Waals surface area contributed by atoms with Gasteiger partial charge >= 0.3 is 0 Å². The van der Waals surface area contributed by atoms with Crippen molar-refractivity contribution < 1.29 is 19.0 Å². The second kappa shape index (κ2) is 8.51. The number of aromatic amines is 1. The Hall–Kier alpha value is -3.99. The molecular weight excluding hydrogens is 446 g/mol. The zero-order valence-electron chi connectivity index (χ0n) is 17.7. The van der Waals surface area contributed by atoms with Gasteiger partial charge in [0.15, 0.2) is 28.1 Å². The minimum atomic E-state index is -0.317. The Kier molecular flexibility index (Phi) is 5.38. The summed E-state index contributed by atoms with van der Waals surface area (Å²) in [5.74, 6) is 2.04. The Balaban J connectivity index is 1.41. The number of benzene rings is 2. The van der Waals surface area contributed by atoms with Crippen LogP contribution in [0.5, 0.6) is 17.2 Å². The molecular formula is C22H19N5O5S. The summed E-state index contributed by atoms with van der Waals surface area (Å²) in [6.07, 6.45) is 0. The van der Waals surface area contributed by atoms with E-state index >= 15 is 0 Å². The lowest BCUT2D eigenvalue weighted by Crippen LogP contribution is -2.16. The number of methoxy groups -OCH3 is 1. The van der Waals surface area contributed by atoms with Crippen LogP contribution in [0.3, 0.4) is 0 Å². The SMILES string of the molecule is COc1ccc(C)cc1NC(=O)CSc1nc(-c2ccc3c(c2)OCO3)nc2cc(=O)[nH]n12. The van der Waals surface area contributed by atoms with Crippen molar-refractivity contribution in [1.82, 2.24) is 19.6 Å². The number of ether oxygens (including phenoxy) is 3. The topological polar surface area (TPSA) is 120 Å². The molecule has 10 nitrogen and oxygen atoms in total. The van der Waals surface area contributed by atoms with E-state index in [2.05, 4.69) is 20.4 Å². The first-order chi connectivity index (χ1) is 16.0. The lowest BCUT2D eigenvalue weighted by Gasteiger charge is -2.11. The van der Waals surface area contributed by atoms with E-state index in [-0.39, 0.29) is 24.0 Å². The number of amides is 1. The molecule has 4 aromatic rings. The number of hydrogen-bond donors (Lipinski definition) is 2. The third kappa shape index (κ3) is 4.22. The average Bonchev–Trinajstić information content (AvgIpc) is 3.42. The molecule has 11 heteroatoms. The number of anilines is 1. The predicted octanol–water partition coefficient (Wildman–Crippen LogP) is 2.86. The molecule has 2 aromatic carbocycles. The Morgan fingerprint density at radius 3 is 2.88 bits per heavy atom. The monoisotopic (exact) mass is 465 g/mol. The zero-order chi connectivity index (χ0) is 22.9. The molecule has 0 unspecified atom stereocenters. The zero-order valence-corrected chi connectivity index (χ0v) is 18.6. The van der Waals surface area contributed by atoms with Gasteiger partial charge in [0.1, 0.15) is 5.75 Å². The number of carbonyl (C=O) groups excluding carboxylic acids is 1. The summed E-state index contributed by atoms with van der Waals surface area (Å²) >= 11 is 1.18. The van der Waals surface area contributed by atoms with Gasteiger partial charge < -0.3 is 19.5 Å². The molecule has 168 valence electrons. The fourth-order valence-corrected chi connectivity index (χ4v) is 4.13. The molecule has 1 aliphatic rings. The first-order valence-electron chi connectivity index (χ1n) is 9.97. The highest BCUT2D eigenvalue weighted by atomic mass is 32.2. The summed E-state index contributed by atoms with van der Waals surface area (Å²) in [5, 5.41) is 5.94. The summed E-state index contributed by atoms with van der Waals surface area (Å²) in [6.45, 7) is 2.09. The van der Waals surface area contributed by atoms with Crippen LogP contribution < -0.4 is 25.1 Å². The Labute approximate surface area is 191 Å². The van der Waals surface area contributed by atoms with Crippen molar-refractivity contribution in [3.63, 3.8) is 0 Å². The van der Waals surface area contributed by atoms with E-state index in [1.807, 2.05) is 25.1 Å². The van der Waals surface area contributed by atoms with Crippen LogP contribution in [0.1, 0.15) is 5.56 Å². The summed E-state index contributed by atoms with van der Waals surface area (Å²) in [5.41, 5.74) is 2.36. The van der Waals surface area contributed by atoms with Crippen LogP contribution in [0.25, 0.3) is 17.0 Å². The van der Waals surface area contributed by atoms with E-state index in [0.717, 1.165) is 5.56 Å². The summed E-state index contributed by atoms with van der Waals surface area (Å²) in [6, 6.07) is 12.3. The number of aryl methyl sites for hydroxylation is 1. The standard InChI is InChI=1S/C22H19N5O5S/c1-12-3-5-15(30-2)14(7-12)23-20(29)10-33-22-25-21(24-18-9-19(28)26-27(18)22)13-4-6-16-17(8-13)32-11-31-16/h3-9H,10-11H2,1-2H3,(H,23,29)(H,26,28). The van der Waals surface area contributed by atoms with Gasteiger partial charge in [-0.05, 0) is 42.8 Å². The van der Waals surface area contributed by atoms with Crippen LogP contribution in [-0.4, -0.2) is 45.1 Å². The van der Waals surface area contributed by atoms with Gasteiger partial charge in [0, 0.05) is 11.6 Å². The highest BCUT2D eigenvalue weighted by Crippen LogP contribution is 2.35. The van der Waals surface area contributed by atoms with Crippen LogP contribution >= 0.6 is 11.8 Å². The van der Waals surface area contributed by atoms with Gasteiger partial charge in [-0.1, -0.05) is 17.8 Å². The number of hydrogen-bond acceptors (Lipinski definition) is 8. The van der Waals surface area contributed by atoms with Gasteiger partial charge in [-0.25, -0.2) is 14.5 Å². The van der Waals surface area contributed by atoms with Crippen molar-refractivity contribution in [1.29, 1.82) is 0 Å². The summed E-state index contributed by atoms with van der Waals surface area (Å²) < 4.78 is 17.6. The molecule has 0 bridgehead atoms. The van der Waals surface area contributed by atoms with Gasteiger partial charge in [-0.2, -0.15) is 0 Å². The fraction of sp³-hybridized carbons (Fsp3) is 0.182. The van der Waals surface area contributed by atoms with Crippen molar-refractivity contribution >= 4 is 29.0 Å². The third-order valence-electron chi connectivity index (χ3n) is 4.92. The van der Waals surface area contributed by atoms with Crippen molar-refractivity contribution in [3.05, 3.63) is 58.4 Å². The first-order valence-corrected chi connectivity index (χ1v) is 11.0. The van der Waals surface area contributed by atoms with Crippen LogP contribution in [0.15, 0.2) is 52.4 Å². The molecule has 0 aliphatic carbocycles. The summed E-state index contributed by atoms with van der Waals surface area (Å²) in [4.78, 5) is 33.6. The molecule has 2 N–H and O–H groups in total. The van der Waals surface area contributed by atoms with Crippen molar-refractivity contribution in [2.24, 2.45) is 0 Å². The molecule has 33 heavy (non-hydrogen) atoms. The largest absolute Gasteiger partial charge is 0.495 e. The third-order valence-corrected chi connectivity index (χ3v) is 5.86. The molecule has 3 heterocycles. The number of thioether (sulfide) groups is 1.